The molecule has 2 aliphatic carbocycles. The van der Waals surface area contributed by atoms with Gasteiger partial charge in [-0.2, -0.15) is 13.2 Å². The Balaban J connectivity index is 1.32. The molecule has 4 unspecified atom stereocenters. The number of likely N-dealkylation sites (N-methyl/N-ethyl adjacent to an activating group) is 1. The van der Waals surface area contributed by atoms with Gasteiger partial charge in [0.2, 0.25) is 15.9 Å². The number of thiazole rings is 1. The van der Waals surface area contributed by atoms with Crippen molar-refractivity contribution in [2.75, 3.05) is 27.2 Å². The first-order valence-corrected chi connectivity index (χ1v) is 20.6. The van der Waals surface area contributed by atoms with E-state index in [0.29, 0.717) is 48.0 Å². The van der Waals surface area contributed by atoms with E-state index in [1.54, 1.807) is 32.1 Å². The van der Waals surface area contributed by atoms with Gasteiger partial charge < -0.3 is 24.6 Å². The van der Waals surface area contributed by atoms with E-state index in [1.165, 1.54) is 36.1 Å². The van der Waals surface area contributed by atoms with Gasteiger partial charge in [-0.25, -0.2) is 23.2 Å². The maximum absolute atomic E-state index is 14.5. The third kappa shape index (κ3) is 7.69. The molecule has 4 atom stereocenters. The standard InChI is InChI=1S/C38H45F3N6O7S2/c1-7-9-10-11-16-42-35(50)47-20-24(17-27(47)33(48)46(5)37(19-23(37)8-2)34(49)45-56(51,52)36(4)14-15-36)54-29-18-26(32-44-30(21-55-32)38(39,40)41)43-31-22(3)28(53-6)13-12-25(29)31/h7-8,12-13,18,21,23-24,27H,1-2,9-11,14-17,19-20H2,3-6H3,(H,42,50)(H,45,49). The molecule has 3 aliphatic rings. The Morgan fingerprint density at radius 3 is 2.50 bits per heavy atom. The number of hydrogen-bond acceptors (Lipinski definition) is 10. The SMILES string of the molecule is C=CCCCCNC(=O)N1CC(Oc2cc(-c3nc(C(F)(F)F)cs3)nc3c(C)c(OC)ccc23)CC1C(=O)N(C)C1(C(=O)NS(=O)(=O)C2(C)CC2)CC1C=C. The summed E-state index contributed by atoms with van der Waals surface area (Å²) in [6.45, 7) is 11.1. The van der Waals surface area contributed by atoms with E-state index in [9.17, 15) is 36.0 Å². The average Bonchev–Trinajstić information content (AvgIpc) is 3.96. The van der Waals surface area contributed by atoms with Crippen LogP contribution < -0.4 is 19.5 Å². The molecule has 1 saturated heterocycles. The number of carbonyl (C=O) groups is 3. The number of aryl methyl sites for hydroxylation is 1. The van der Waals surface area contributed by atoms with Gasteiger partial charge in [-0.3, -0.25) is 14.3 Å². The van der Waals surface area contributed by atoms with Crippen LogP contribution in [0.15, 0.2) is 48.9 Å². The smallest absolute Gasteiger partial charge is 0.434 e. The second-order valence-electron chi connectivity index (χ2n) is 14.7. The number of likely N-dealkylation sites (tertiary alicyclic amines) is 1. The summed E-state index contributed by atoms with van der Waals surface area (Å²) in [6, 6.07) is 3.23. The zero-order valence-corrected chi connectivity index (χ0v) is 33.2. The van der Waals surface area contributed by atoms with E-state index < -0.39 is 68.1 Å². The fourth-order valence-corrected chi connectivity index (χ4v) is 9.21. The molecule has 1 aromatic carbocycles. The number of allylic oxidation sites excluding steroid dienone is 1. The van der Waals surface area contributed by atoms with Crippen molar-refractivity contribution in [3.8, 4) is 22.2 Å². The van der Waals surface area contributed by atoms with Crippen LogP contribution in [-0.2, 0) is 25.8 Å². The van der Waals surface area contributed by atoms with Crippen LogP contribution in [0.25, 0.3) is 21.6 Å². The Morgan fingerprint density at radius 2 is 1.89 bits per heavy atom. The summed E-state index contributed by atoms with van der Waals surface area (Å²) in [5.41, 5.74) is -1.48. The van der Waals surface area contributed by atoms with Crippen LogP contribution in [0.5, 0.6) is 11.5 Å². The van der Waals surface area contributed by atoms with Crippen LogP contribution in [0, 0.1) is 12.8 Å². The largest absolute Gasteiger partial charge is 0.496 e. The Kier molecular flexibility index (Phi) is 11.2. The highest BCUT2D eigenvalue weighted by Crippen LogP contribution is 2.51. The summed E-state index contributed by atoms with van der Waals surface area (Å²) >= 11 is 0.775. The van der Waals surface area contributed by atoms with Gasteiger partial charge in [0.15, 0.2) is 5.69 Å². The van der Waals surface area contributed by atoms with Gasteiger partial charge in [-0.05, 0) is 64.5 Å². The van der Waals surface area contributed by atoms with Crippen molar-refractivity contribution in [3.05, 3.63) is 60.1 Å². The van der Waals surface area contributed by atoms with Crippen molar-refractivity contribution in [2.24, 2.45) is 5.92 Å². The van der Waals surface area contributed by atoms with Crippen molar-refractivity contribution in [1.82, 2.24) is 29.8 Å². The van der Waals surface area contributed by atoms with Crippen LogP contribution in [0.4, 0.5) is 18.0 Å². The molecule has 2 aromatic heterocycles. The maximum atomic E-state index is 14.5. The molecule has 0 spiro atoms. The number of unbranched alkanes of at least 4 members (excludes halogenated alkanes) is 2. The minimum Gasteiger partial charge on any atom is -0.496 e. The molecule has 0 bridgehead atoms. The molecule has 3 aromatic rings. The lowest BCUT2D eigenvalue weighted by Gasteiger charge is -2.33. The van der Waals surface area contributed by atoms with Crippen molar-refractivity contribution in [3.63, 3.8) is 0 Å². The summed E-state index contributed by atoms with van der Waals surface area (Å²) in [4.78, 5) is 53.0. The predicted octanol–water partition coefficient (Wildman–Crippen LogP) is 5.98. The van der Waals surface area contributed by atoms with E-state index in [-0.39, 0.29) is 35.8 Å². The number of aromatic nitrogens is 2. The van der Waals surface area contributed by atoms with Crippen LogP contribution in [0.3, 0.4) is 0 Å². The molecule has 4 amide bonds. The number of carbonyl (C=O) groups excluding carboxylic acids is 3. The molecule has 3 heterocycles. The molecule has 6 rings (SSSR count). The van der Waals surface area contributed by atoms with Crippen LogP contribution in [-0.4, -0.2) is 95.7 Å². The third-order valence-corrected chi connectivity index (χ3v) is 14.0. The molecule has 3 fully saturated rings. The number of hydrogen-bond donors (Lipinski definition) is 2. The summed E-state index contributed by atoms with van der Waals surface area (Å²) in [6.07, 6.45) is 0.951. The van der Waals surface area contributed by atoms with E-state index in [1.807, 2.05) is 0 Å². The predicted molar refractivity (Wildman–Crippen MR) is 205 cm³/mol. The number of rotatable bonds is 15. The molecular formula is C38H45F3N6O7S2. The summed E-state index contributed by atoms with van der Waals surface area (Å²) < 4.78 is 79.9. The number of methoxy groups -OCH3 is 1. The quantitative estimate of drug-likeness (QED) is 0.139. The zero-order valence-electron chi connectivity index (χ0n) is 31.6. The maximum Gasteiger partial charge on any atom is 0.434 e. The van der Waals surface area contributed by atoms with Crippen molar-refractivity contribution < 1.29 is 45.4 Å². The van der Waals surface area contributed by atoms with Gasteiger partial charge in [-0.15, -0.1) is 24.5 Å². The number of alkyl halides is 3. The topological polar surface area (TPSA) is 160 Å². The number of benzene rings is 1. The van der Waals surface area contributed by atoms with Crippen LogP contribution in [0.1, 0.15) is 63.1 Å². The van der Waals surface area contributed by atoms with E-state index in [2.05, 4.69) is 33.2 Å². The Labute approximate surface area is 327 Å². The van der Waals surface area contributed by atoms with Gasteiger partial charge in [-0.1, -0.05) is 12.2 Å². The zero-order chi connectivity index (χ0) is 40.8. The second kappa shape index (κ2) is 15.3. The van der Waals surface area contributed by atoms with Gasteiger partial charge in [0.1, 0.15) is 39.9 Å². The lowest BCUT2D eigenvalue weighted by molar-refractivity contribution is -0.143. The molecule has 302 valence electrons. The molecule has 0 radical (unpaired) electrons. The van der Waals surface area contributed by atoms with Gasteiger partial charge in [0, 0.05) is 48.3 Å². The average molecular weight is 819 g/mol. The lowest BCUT2D eigenvalue weighted by atomic mass is 10.1. The van der Waals surface area contributed by atoms with E-state index >= 15 is 0 Å². The number of pyridine rings is 1. The fourth-order valence-electron chi connectivity index (χ4n) is 7.11. The highest BCUT2D eigenvalue weighted by Gasteiger charge is 2.65. The molecule has 1 aliphatic heterocycles. The second-order valence-corrected chi connectivity index (χ2v) is 17.8. The first-order chi connectivity index (χ1) is 26.4. The number of halogens is 3. The molecule has 2 N–H and O–H groups in total. The molecule has 18 heteroatoms. The minimum atomic E-state index is -4.66. The summed E-state index contributed by atoms with van der Waals surface area (Å²) in [5, 5.41) is 4.29. The summed E-state index contributed by atoms with van der Waals surface area (Å²) in [7, 11) is -1.13. The van der Waals surface area contributed by atoms with Gasteiger partial charge in [0.05, 0.1) is 23.9 Å². The highest BCUT2D eigenvalue weighted by atomic mass is 32.2. The normalized spacial score (nSPS) is 22.6. The third-order valence-electron chi connectivity index (χ3n) is 11.0. The number of fused-ring (bicyclic) bond motifs is 1. The van der Waals surface area contributed by atoms with Crippen molar-refractivity contribution in [2.45, 2.75) is 87.4 Å². The minimum absolute atomic E-state index is 0.00679. The highest BCUT2D eigenvalue weighted by molar-refractivity contribution is 7.91. The van der Waals surface area contributed by atoms with Gasteiger partial charge in [0.25, 0.3) is 5.91 Å². The first kappa shape index (κ1) is 40.9. The lowest BCUT2D eigenvalue weighted by Crippen LogP contribution is -2.58. The molecule has 13 nitrogen and oxygen atoms in total. The number of ether oxygens (including phenoxy) is 2. The first-order valence-electron chi connectivity index (χ1n) is 18.2. The number of sulfonamides is 1. The Bertz CT molecular complexity index is 2170. The molecular weight excluding hydrogens is 774 g/mol. The van der Waals surface area contributed by atoms with Crippen molar-refractivity contribution in [1.29, 1.82) is 0 Å². The van der Waals surface area contributed by atoms with Crippen LogP contribution >= 0.6 is 11.3 Å². The molecule has 2 saturated carbocycles. The number of urea groups is 1. The Hall–Kier alpha value is -4.71. The molecule has 56 heavy (non-hydrogen) atoms. The Morgan fingerprint density at radius 1 is 1.16 bits per heavy atom. The van der Waals surface area contributed by atoms with Crippen molar-refractivity contribution >= 4 is 50.1 Å². The summed E-state index contributed by atoms with van der Waals surface area (Å²) in [5.74, 6) is -1.25. The number of nitrogens with zero attached hydrogens (tertiary/aromatic N) is 4. The van der Waals surface area contributed by atoms with E-state index in [0.717, 1.165) is 29.6 Å². The monoisotopic (exact) mass is 818 g/mol. The van der Waals surface area contributed by atoms with E-state index in [4.69, 9.17) is 9.47 Å². The number of amides is 4. The van der Waals surface area contributed by atoms with Gasteiger partial charge >= 0.3 is 12.2 Å². The van der Waals surface area contributed by atoms with Crippen LogP contribution in [0.2, 0.25) is 0 Å². The number of nitrogens with one attached hydrogen (secondary N) is 2. The fraction of sp³-hybridized carbons (Fsp3) is 0.500.